The zero-order chi connectivity index (χ0) is 12.8. The van der Waals surface area contributed by atoms with E-state index in [-0.39, 0.29) is 18.6 Å². The smallest absolute Gasteiger partial charge is 0.268 e. The summed E-state index contributed by atoms with van der Waals surface area (Å²) in [5, 5.41) is 11.8. The van der Waals surface area contributed by atoms with Gasteiger partial charge in [0.25, 0.3) is 5.91 Å². The molecule has 5 nitrogen and oxygen atoms in total. The number of nitrogens with two attached hydrogens (primary N) is 1. The van der Waals surface area contributed by atoms with Crippen molar-refractivity contribution in [3.8, 4) is 0 Å². The molecule has 5 heteroatoms. The third-order valence-electron chi connectivity index (χ3n) is 2.80. The highest BCUT2D eigenvalue weighted by Crippen LogP contribution is 2.11. The van der Waals surface area contributed by atoms with Gasteiger partial charge in [0.05, 0.1) is 5.69 Å². The summed E-state index contributed by atoms with van der Waals surface area (Å²) in [5.74, 6) is -0.135. The zero-order valence-electron chi connectivity index (χ0n) is 10.4. The maximum atomic E-state index is 12.0. The number of nitrogen functional groups attached to an aromatic ring is 1. The van der Waals surface area contributed by atoms with Gasteiger partial charge in [-0.15, -0.1) is 0 Å². The fraction of sp³-hybridized carbons (Fsp3) is 0.583. The summed E-state index contributed by atoms with van der Waals surface area (Å²) in [7, 11) is 0. The number of carbonyl (C=O) groups is 1. The number of aryl methyl sites for hydroxylation is 1. The molecule has 0 fully saturated rings. The van der Waals surface area contributed by atoms with Crippen LogP contribution in [0.5, 0.6) is 0 Å². The van der Waals surface area contributed by atoms with Crippen LogP contribution in [0.15, 0.2) is 12.3 Å². The minimum absolute atomic E-state index is 0.00827. The first-order valence-corrected chi connectivity index (χ1v) is 5.99. The van der Waals surface area contributed by atoms with E-state index >= 15 is 0 Å². The van der Waals surface area contributed by atoms with Gasteiger partial charge in [0.2, 0.25) is 0 Å². The molecule has 0 saturated heterocycles. The lowest BCUT2D eigenvalue weighted by Gasteiger charge is -2.16. The lowest BCUT2D eigenvalue weighted by atomic mass is 10.1. The number of nitrogens with zero attached hydrogens (tertiary/aromatic N) is 1. The van der Waals surface area contributed by atoms with E-state index in [9.17, 15) is 4.79 Å². The molecule has 1 aromatic heterocycles. The summed E-state index contributed by atoms with van der Waals surface area (Å²) in [6, 6.07) is 1.68. The molecule has 1 unspecified atom stereocenters. The molecular weight excluding hydrogens is 218 g/mol. The van der Waals surface area contributed by atoms with Gasteiger partial charge in [0, 0.05) is 25.4 Å². The Labute approximate surface area is 102 Å². The molecule has 1 rings (SSSR count). The van der Waals surface area contributed by atoms with Crippen LogP contribution in [-0.2, 0) is 6.54 Å². The zero-order valence-corrected chi connectivity index (χ0v) is 10.4. The van der Waals surface area contributed by atoms with Crippen molar-refractivity contribution in [3.63, 3.8) is 0 Å². The Balaban J connectivity index is 2.74. The van der Waals surface area contributed by atoms with E-state index in [1.807, 2.05) is 18.4 Å². The molecule has 17 heavy (non-hydrogen) atoms. The van der Waals surface area contributed by atoms with Crippen LogP contribution in [-0.4, -0.2) is 28.2 Å². The number of aliphatic hydroxyl groups is 1. The lowest BCUT2D eigenvalue weighted by molar-refractivity contribution is 0.0920. The quantitative estimate of drug-likeness (QED) is 0.692. The molecule has 1 amide bonds. The van der Waals surface area contributed by atoms with Crippen LogP contribution in [0, 0.1) is 0 Å². The average Bonchev–Trinajstić information content (AvgIpc) is 2.69. The molecule has 0 aliphatic carbocycles. The number of aromatic nitrogens is 1. The van der Waals surface area contributed by atoms with E-state index in [0.717, 1.165) is 6.42 Å². The van der Waals surface area contributed by atoms with Crippen LogP contribution in [0.2, 0.25) is 0 Å². The predicted molar refractivity (Wildman–Crippen MR) is 67.8 cm³/mol. The third kappa shape index (κ3) is 3.49. The van der Waals surface area contributed by atoms with Crippen LogP contribution in [0.1, 0.15) is 37.2 Å². The second kappa shape index (κ2) is 6.30. The summed E-state index contributed by atoms with van der Waals surface area (Å²) in [6.45, 7) is 4.72. The van der Waals surface area contributed by atoms with Crippen LogP contribution in [0.25, 0.3) is 0 Å². The highest BCUT2D eigenvalue weighted by Gasteiger charge is 2.15. The number of carbonyl (C=O) groups excluding carboxylic acids is 1. The minimum Gasteiger partial charge on any atom is -0.397 e. The molecule has 0 aliphatic rings. The van der Waals surface area contributed by atoms with Crippen molar-refractivity contribution >= 4 is 11.6 Å². The molecule has 0 aromatic carbocycles. The van der Waals surface area contributed by atoms with Crippen molar-refractivity contribution in [3.05, 3.63) is 18.0 Å². The van der Waals surface area contributed by atoms with Gasteiger partial charge in [-0.1, -0.05) is 6.92 Å². The summed E-state index contributed by atoms with van der Waals surface area (Å²) in [6.07, 6.45) is 3.13. The normalized spacial score (nSPS) is 12.4. The van der Waals surface area contributed by atoms with Gasteiger partial charge >= 0.3 is 0 Å². The third-order valence-corrected chi connectivity index (χ3v) is 2.80. The van der Waals surface area contributed by atoms with Gasteiger partial charge in [-0.3, -0.25) is 4.79 Å². The molecule has 1 aromatic rings. The number of rotatable bonds is 6. The molecule has 1 atom stereocenters. The summed E-state index contributed by atoms with van der Waals surface area (Å²) >= 11 is 0. The van der Waals surface area contributed by atoms with Crippen molar-refractivity contribution in [2.75, 3.05) is 12.3 Å². The standard InChI is InChI=1S/C12H21N3O2/c1-3-10(5-6-16)14-12(17)11-7-9(13)8-15(11)4-2/h7-8,10,16H,3-6,13H2,1-2H3,(H,14,17). The SMILES string of the molecule is CCC(CCO)NC(=O)c1cc(N)cn1CC. The number of aliphatic hydroxyl groups excluding tert-OH is 1. The Kier molecular flexibility index (Phi) is 5.03. The Morgan fingerprint density at radius 3 is 2.82 bits per heavy atom. The summed E-state index contributed by atoms with van der Waals surface area (Å²) < 4.78 is 1.82. The molecule has 0 radical (unpaired) electrons. The Morgan fingerprint density at radius 1 is 1.59 bits per heavy atom. The van der Waals surface area contributed by atoms with Crippen molar-refractivity contribution in [1.82, 2.24) is 9.88 Å². The topological polar surface area (TPSA) is 80.3 Å². The fourth-order valence-corrected chi connectivity index (χ4v) is 1.78. The van der Waals surface area contributed by atoms with Crippen LogP contribution >= 0.6 is 0 Å². The highest BCUT2D eigenvalue weighted by molar-refractivity contribution is 5.94. The van der Waals surface area contributed by atoms with Gasteiger partial charge in [-0.2, -0.15) is 0 Å². The molecule has 0 bridgehead atoms. The fourth-order valence-electron chi connectivity index (χ4n) is 1.78. The van der Waals surface area contributed by atoms with E-state index in [2.05, 4.69) is 5.32 Å². The van der Waals surface area contributed by atoms with Crippen molar-refractivity contribution < 1.29 is 9.90 Å². The van der Waals surface area contributed by atoms with E-state index in [4.69, 9.17) is 10.8 Å². The Morgan fingerprint density at radius 2 is 2.29 bits per heavy atom. The van der Waals surface area contributed by atoms with Crippen LogP contribution in [0.4, 0.5) is 5.69 Å². The first kappa shape index (κ1) is 13.6. The number of anilines is 1. The van der Waals surface area contributed by atoms with Crippen LogP contribution in [0.3, 0.4) is 0 Å². The number of nitrogens with one attached hydrogen (secondary N) is 1. The van der Waals surface area contributed by atoms with Gasteiger partial charge in [0.15, 0.2) is 0 Å². The Hall–Kier alpha value is -1.49. The van der Waals surface area contributed by atoms with Gasteiger partial charge in [-0.25, -0.2) is 0 Å². The van der Waals surface area contributed by atoms with Gasteiger partial charge < -0.3 is 20.7 Å². The molecule has 0 spiro atoms. The van der Waals surface area contributed by atoms with Gasteiger partial charge in [-0.05, 0) is 25.8 Å². The van der Waals surface area contributed by atoms with E-state index in [0.29, 0.717) is 24.3 Å². The summed E-state index contributed by atoms with van der Waals surface area (Å²) in [5.41, 5.74) is 6.83. The second-order valence-corrected chi connectivity index (χ2v) is 4.04. The molecule has 0 aliphatic heterocycles. The van der Waals surface area contributed by atoms with Crippen molar-refractivity contribution in [2.45, 2.75) is 39.3 Å². The Bertz CT molecular complexity index is 374. The van der Waals surface area contributed by atoms with Crippen LogP contribution < -0.4 is 11.1 Å². The van der Waals surface area contributed by atoms with E-state index in [1.165, 1.54) is 0 Å². The average molecular weight is 239 g/mol. The second-order valence-electron chi connectivity index (χ2n) is 4.04. The largest absolute Gasteiger partial charge is 0.397 e. The first-order valence-electron chi connectivity index (χ1n) is 5.99. The summed E-state index contributed by atoms with van der Waals surface area (Å²) in [4.78, 5) is 12.0. The lowest BCUT2D eigenvalue weighted by Crippen LogP contribution is -2.36. The molecule has 96 valence electrons. The molecule has 1 heterocycles. The number of hydrogen-bond donors (Lipinski definition) is 3. The maximum absolute atomic E-state index is 12.0. The van der Waals surface area contributed by atoms with Gasteiger partial charge in [0.1, 0.15) is 5.69 Å². The number of hydrogen-bond acceptors (Lipinski definition) is 3. The predicted octanol–water partition coefficient (Wildman–Crippen LogP) is 0.981. The molecule has 0 saturated carbocycles. The van der Waals surface area contributed by atoms with E-state index < -0.39 is 0 Å². The maximum Gasteiger partial charge on any atom is 0.268 e. The monoisotopic (exact) mass is 239 g/mol. The minimum atomic E-state index is -0.135. The highest BCUT2D eigenvalue weighted by atomic mass is 16.3. The van der Waals surface area contributed by atoms with E-state index in [1.54, 1.807) is 12.3 Å². The molecule has 4 N–H and O–H groups in total. The number of amides is 1. The van der Waals surface area contributed by atoms with Crippen molar-refractivity contribution in [1.29, 1.82) is 0 Å². The van der Waals surface area contributed by atoms with Crippen molar-refractivity contribution in [2.24, 2.45) is 0 Å². The molecular formula is C12H21N3O2. The first-order chi connectivity index (χ1) is 8.12.